The van der Waals surface area contributed by atoms with E-state index in [9.17, 15) is 18.0 Å². The number of nitrogens with zero attached hydrogens (tertiary/aromatic N) is 2. The highest BCUT2D eigenvalue weighted by atomic mass is 32.2. The first-order valence-corrected chi connectivity index (χ1v) is 16.2. The van der Waals surface area contributed by atoms with E-state index in [1.54, 1.807) is 17.3 Å². The van der Waals surface area contributed by atoms with Gasteiger partial charge >= 0.3 is 0 Å². The van der Waals surface area contributed by atoms with E-state index in [2.05, 4.69) is 27.9 Å². The molecule has 0 spiro atoms. The van der Waals surface area contributed by atoms with Crippen LogP contribution in [0.15, 0.2) is 35.1 Å². The number of carbonyl (C=O) groups excluding carboxylic acids is 1. The number of methoxy groups -OCH3 is 1. The highest BCUT2D eigenvalue weighted by Crippen LogP contribution is 2.37. The molecular formula is C31H42N4O5S. The number of benzene rings is 1. The Morgan fingerprint density at radius 1 is 1.10 bits per heavy atom. The number of piperidine rings is 2. The second-order valence-electron chi connectivity index (χ2n) is 11.6. The van der Waals surface area contributed by atoms with Gasteiger partial charge in [0.25, 0.3) is 5.56 Å². The number of aromatic nitrogens is 2. The molecule has 2 saturated heterocycles. The predicted molar refractivity (Wildman–Crippen MR) is 161 cm³/mol. The smallest absolute Gasteiger partial charge is 0.255 e. The van der Waals surface area contributed by atoms with Gasteiger partial charge in [-0.25, -0.2) is 12.7 Å². The van der Waals surface area contributed by atoms with E-state index in [4.69, 9.17) is 4.74 Å². The lowest BCUT2D eigenvalue weighted by Gasteiger charge is -2.37. The zero-order valence-electron chi connectivity index (χ0n) is 24.5. The summed E-state index contributed by atoms with van der Waals surface area (Å²) in [6.07, 6.45) is 3.41. The number of H-pyrrole nitrogens is 1. The minimum Gasteiger partial charge on any atom is -0.496 e. The van der Waals surface area contributed by atoms with Crippen LogP contribution in [-0.2, 0) is 16.4 Å². The number of ether oxygens (including phenoxy) is 1. The lowest BCUT2D eigenvalue weighted by Crippen LogP contribution is -2.47. The summed E-state index contributed by atoms with van der Waals surface area (Å²) in [5.41, 5.74) is 3.59. The van der Waals surface area contributed by atoms with Gasteiger partial charge in [-0.1, -0.05) is 18.2 Å². The maximum atomic E-state index is 13.7. The van der Waals surface area contributed by atoms with Gasteiger partial charge in [0.2, 0.25) is 10.0 Å². The first-order valence-electron chi connectivity index (χ1n) is 14.7. The number of fused-ring (bicyclic) bond motifs is 1. The zero-order valence-corrected chi connectivity index (χ0v) is 25.4. The molecule has 0 unspecified atom stereocenters. The van der Waals surface area contributed by atoms with Gasteiger partial charge in [0.15, 0.2) is 5.78 Å². The van der Waals surface area contributed by atoms with E-state index >= 15 is 0 Å². The predicted octanol–water partition coefficient (Wildman–Crippen LogP) is 4.13. The van der Waals surface area contributed by atoms with E-state index < -0.39 is 10.0 Å². The Morgan fingerprint density at radius 3 is 2.46 bits per heavy atom. The summed E-state index contributed by atoms with van der Waals surface area (Å²) in [5, 5.41) is 3.89. The third kappa shape index (κ3) is 5.74. The number of para-hydroxylation sites is 1. The Bertz CT molecular complexity index is 1580. The second-order valence-corrected chi connectivity index (χ2v) is 13.8. The zero-order chi connectivity index (χ0) is 29.3. The molecule has 2 aromatic heterocycles. The van der Waals surface area contributed by atoms with Gasteiger partial charge in [0.1, 0.15) is 5.75 Å². The van der Waals surface area contributed by atoms with Crippen molar-refractivity contribution in [3.63, 3.8) is 0 Å². The monoisotopic (exact) mass is 582 g/mol. The van der Waals surface area contributed by atoms with Gasteiger partial charge < -0.3 is 19.6 Å². The van der Waals surface area contributed by atoms with Crippen LogP contribution in [0.3, 0.4) is 0 Å². The molecule has 2 N–H and O–H groups in total. The SMILES string of the molecule is COc1cc(C)[nH]c(=O)c1CCC(=O)c1c(C)n([C@H](C)C2CCN(S(=O)(=O)C3CCNCC3)CC2)c2ccccc12. The number of Topliss-reactive ketones (excluding diaryl/α,β-unsaturated/α-hetero) is 1. The minimum atomic E-state index is -3.28. The summed E-state index contributed by atoms with van der Waals surface area (Å²) < 4.78 is 35.9. The van der Waals surface area contributed by atoms with Crippen molar-refractivity contribution in [2.75, 3.05) is 33.3 Å². The van der Waals surface area contributed by atoms with Crippen molar-refractivity contribution in [3.8, 4) is 5.75 Å². The summed E-state index contributed by atoms with van der Waals surface area (Å²) in [6.45, 7) is 8.58. The molecule has 222 valence electrons. The van der Waals surface area contributed by atoms with Gasteiger partial charge in [-0.15, -0.1) is 0 Å². The maximum Gasteiger partial charge on any atom is 0.255 e. The standard InChI is InChI=1S/C31H42N4O5S/c1-20-19-29(40-4)26(31(37)33-20)9-10-28(36)30-22(3)35(27-8-6-5-7-25(27)30)21(2)23-13-17-34(18-14-23)41(38,39)24-11-15-32-16-12-24/h5-8,19,21,23-24,32H,9-18H2,1-4H3,(H,33,37)/t21-/m1/s1. The average Bonchev–Trinajstić information content (AvgIpc) is 3.27. The Morgan fingerprint density at radius 2 is 1.78 bits per heavy atom. The fourth-order valence-electron chi connectivity index (χ4n) is 6.86. The number of nitrogens with one attached hydrogen (secondary N) is 2. The minimum absolute atomic E-state index is 0.00503. The fourth-order valence-corrected chi connectivity index (χ4v) is 8.84. The molecule has 5 rings (SSSR count). The molecule has 41 heavy (non-hydrogen) atoms. The van der Waals surface area contributed by atoms with Crippen molar-refractivity contribution in [2.45, 2.75) is 70.6 Å². The summed E-state index contributed by atoms with van der Waals surface area (Å²) in [6, 6.07) is 9.87. The Labute approximate surface area is 242 Å². The molecule has 3 aromatic rings. The number of rotatable bonds is 9. The topological polar surface area (TPSA) is 114 Å². The Balaban J connectivity index is 1.35. The van der Waals surface area contributed by atoms with E-state index in [-0.39, 0.29) is 35.5 Å². The van der Waals surface area contributed by atoms with Crippen molar-refractivity contribution in [3.05, 3.63) is 63.2 Å². The second kappa shape index (κ2) is 12.1. The van der Waals surface area contributed by atoms with Crippen LogP contribution in [0.25, 0.3) is 10.9 Å². The molecule has 2 aliphatic heterocycles. The van der Waals surface area contributed by atoms with Crippen LogP contribution in [0, 0.1) is 19.8 Å². The summed E-state index contributed by atoms with van der Waals surface area (Å²) >= 11 is 0. The molecular weight excluding hydrogens is 540 g/mol. The van der Waals surface area contributed by atoms with Gasteiger partial charge in [0, 0.05) is 53.4 Å². The lowest BCUT2D eigenvalue weighted by molar-refractivity contribution is 0.0983. The van der Waals surface area contributed by atoms with Crippen LogP contribution in [0.2, 0.25) is 0 Å². The number of pyridine rings is 1. The van der Waals surface area contributed by atoms with Crippen molar-refractivity contribution >= 4 is 26.7 Å². The highest BCUT2D eigenvalue weighted by Gasteiger charge is 2.37. The first kappa shape index (κ1) is 29.5. The largest absolute Gasteiger partial charge is 0.496 e. The van der Waals surface area contributed by atoms with Crippen LogP contribution < -0.4 is 15.6 Å². The molecule has 10 heteroatoms. The molecule has 0 amide bonds. The van der Waals surface area contributed by atoms with E-state index in [0.717, 1.165) is 42.5 Å². The summed E-state index contributed by atoms with van der Waals surface area (Å²) in [5.74, 6) is 0.789. The number of aromatic amines is 1. The van der Waals surface area contributed by atoms with Crippen molar-refractivity contribution < 1.29 is 17.9 Å². The fraction of sp³-hybridized carbons (Fsp3) is 0.548. The number of hydrogen-bond acceptors (Lipinski definition) is 6. The summed E-state index contributed by atoms with van der Waals surface area (Å²) in [4.78, 5) is 29.1. The summed E-state index contributed by atoms with van der Waals surface area (Å²) in [7, 11) is -1.75. The van der Waals surface area contributed by atoms with Crippen LogP contribution in [0.5, 0.6) is 5.75 Å². The Kier molecular flexibility index (Phi) is 8.73. The van der Waals surface area contributed by atoms with Crippen LogP contribution in [-0.4, -0.2) is 66.6 Å². The molecule has 9 nitrogen and oxygen atoms in total. The Hall–Kier alpha value is -2.95. The number of sulfonamides is 1. The van der Waals surface area contributed by atoms with E-state index in [1.807, 2.05) is 25.1 Å². The maximum absolute atomic E-state index is 13.7. The van der Waals surface area contributed by atoms with Crippen LogP contribution in [0.1, 0.15) is 72.4 Å². The third-order valence-electron chi connectivity index (χ3n) is 9.14. The normalized spacial score (nSPS) is 18.5. The number of ketones is 1. The number of hydrogen-bond donors (Lipinski definition) is 2. The number of aryl methyl sites for hydroxylation is 1. The number of carbonyl (C=O) groups is 1. The lowest BCUT2D eigenvalue weighted by atomic mass is 9.91. The van der Waals surface area contributed by atoms with Crippen LogP contribution >= 0.6 is 0 Å². The van der Waals surface area contributed by atoms with Gasteiger partial charge in [-0.05, 0) is 84.0 Å². The third-order valence-corrected chi connectivity index (χ3v) is 11.5. The molecule has 0 aliphatic carbocycles. The highest BCUT2D eigenvalue weighted by molar-refractivity contribution is 7.89. The van der Waals surface area contributed by atoms with Gasteiger partial charge in [-0.2, -0.15) is 0 Å². The van der Waals surface area contributed by atoms with Crippen LogP contribution in [0.4, 0.5) is 0 Å². The molecule has 4 heterocycles. The molecule has 2 aliphatic rings. The first-order chi connectivity index (χ1) is 19.6. The molecule has 0 radical (unpaired) electrons. The van der Waals surface area contributed by atoms with Gasteiger partial charge in [0.05, 0.1) is 17.9 Å². The van der Waals surface area contributed by atoms with Crippen molar-refractivity contribution in [1.29, 1.82) is 0 Å². The van der Waals surface area contributed by atoms with E-state index in [1.165, 1.54) is 7.11 Å². The molecule has 0 bridgehead atoms. The quantitative estimate of drug-likeness (QED) is 0.367. The average molecular weight is 583 g/mol. The van der Waals surface area contributed by atoms with E-state index in [0.29, 0.717) is 54.4 Å². The van der Waals surface area contributed by atoms with Crippen molar-refractivity contribution in [2.24, 2.45) is 5.92 Å². The molecule has 1 atom stereocenters. The van der Waals surface area contributed by atoms with Crippen molar-refractivity contribution in [1.82, 2.24) is 19.2 Å². The van der Waals surface area contributed by atoms with Gasteiger partial charge in [-0.3, -0.25) is 9.59 Å². The molecule has 2 fully saturated rings. The molecule has 1 aromatic carbocycles. The molecule has 0 saturated carbocycles.